The zero-order valence-corrected chi connectivity index (χ0v) is 10.6. The Bertz CT molecular complexity index is 486. The lowest BCUT2D eigenvalue weighted by Gasteiger charge is -2.34. The molecule has 17 heavy (non-hydrogen) atoms. The molecule has 1 N–H and O–H groups in total. The van der Waals surface area contributed by atoms with E-state index in [1.165, 1.54) is 18.4 Å². The van der Waals surface area contributed by atoms with E-state index in [9.17, 15) is 5.11 Å². The van der Waals surface area contributed by atoms with Gasteiger partial charge in [0.15, 0.2) is 0 Å². The van der Waals surface area contributed by atoms with Gasteiger partial charge in [0.05, 0.1) is 6.10 Å². The summed E-state index contributed by atoms with van der Waals surface area (Å²) >= 11 is 0. The zero-order chi connectivity index (χ0) is 11.6. The molecule has 0 heterocycles. The maximum absolute atomic E-state index is 10.6. The first kappa shape index (κ1) is 9.38. The van der Waals surface area contributed by atoms with E-state index in [-0.39, 0.29) is 11.5 Å². The predicted octanol–water partition coefficient (Wildman–Crippen LogP) is 2.77. The molecule has 6 bridgehead atoms. The molecule has 6 aliphatic rings. The van der Waals surface area contributed by atoms with Crippen molar-refractivity contribution in [2.24, 2.45) is 40.4 Å². The molecule has 3 fully saturated rings. The Balaban J connectivity index is 1.77. The Morgan fingerprint density at radius 3 is 2.94 bits per heavy atom. The van der Waals surface area contributed by atoms with Gasteiger partial charge in [-0.3, -0.25) is 0 Å². The van der Waals surface area contributed by atoms with Gasteiger partial charge in [0.2, 0.25) is 0 Å². The molecule has 0 aromatic carbocycles. The smallest absolute Gasteiger partial charge is 0.0807 e. The number of aliphatic hydroxyl groups excluding tert-OH is 1. The van der Waals surface area contributed by atoms with Crippen molar-refractivity contribution in [1.29, 1.82) is 0 Å². The number of rotatable bonds is 0. The second-order valence-corrected chi connectivity index (χ2v) is 7.80. The van der Waals surface area contributed by atoms with Crippen LogP contribution in [0.15, 0.2) is 23.8 Å². The largest absolute Gasteiger partial charge is 0.388 e. The van der Waals surface area contributed by atoms with Gasteiger partial charge in [0.1, 0.15) is 0 Å². The first-order valence-electron chi connectivity index (χ1n) is 7.14. The topological polar surface area (TPSA) is 20.2 Å². The van der Waals surface area contributed by atoms with E-state index in [0.29, 0.717) is 11.3 Å². The van der Waals surface area contributed by atoms with Gasteiger partial charge >= 0.3 is 0 Å². The molecule has 6 rings (SSSR count). The van der Waals surface area contributed by atoms with Crippen molar-refractivity contribution < 1.29 is 5.11 Å². The van der Waals surface area contributed by atoms with Gasteiger partial charge in [-0.1, -0.05) is 32.1 Å². The molecule has 7 atom stereocenters. The molecular formula is C16H20O. The van der Waals surface area contributed by atoms with Gasteiger partial charge in [0.25, 0.3) is 0 Å². The third-order valence-corrected chi connectivity index (χ3v) is 6.72. The van der Waals surface area contributed by atoms with E-state index in [1.807, 2.05) is 0 Å². The molecule has 1 heteroatoms. The molecule has 0 aromatic heterocycles. The van der Waals surface area contributed by atoms with E-state index >= 15 is 0 Å². The van der Waals surface area contributed by atoms with Crippen LogP contribution in [0.2, 0.25) is 0 Å². The summed E-state index contributed by atoms with van der Waals surface area (Å²) < 4.78 is 0. The number of hydrogen-bond donors (Lipinski definition) is 1. The lowest BCUT2D eigenvalue weighted by Crippen LogP contribution is -2.28. The van der Waals surface area contributed by atoms with Crippen LogP contribution in [0.1, 0.15) is 26.7 Å². The summed E-state index contributed by atoms with van der Waals surface area (Å²) in [7, 11) is 0. The predicted molar refractivity (Wildman–Crippen MR) is 66.1 cm³/mol. The third-order valence-electron chi connectivity index (χ3n) is 6.72. The average molecular weight is 228 g/mol. The van der Waals surface area contributed by atoms with Crippen LogP contribution in [0.25, 0.3) is 0 Å². The van der Waals surface area contributed by atoms with Crippen molar-refractivity contribution in [3.8, 4) is 0 Å². The Labute approximate surface area is 103 Å². The van der Waals surface area contributed by atoms with Gasteiger partial charge < -0.3 is 5.11 Å². The molecule has 3 saturated carbocycles. The highest BCUT2D eigenvalue weighted by atomic mass is 16.3. The molecule has 0 radical (unpaired) electrons. The van der Waals surface area contributed by atoms with E-state index in [4.69, 9.17) is 0 Å². The maximum Gasteiger partial charge on any atom is 0.0807 e. The standard InChI is InChI=1S/C16H20O/c1-15(2)7-16-11-6-10-9(13(10)16)4-3-8(11)5-12(16)14(15)17/h3-5,8-11,13-14,17H,6-7H2,1-2H3/t8-,9-,10+,11-,13+,14?,16-/m0/s1. The number of hydrogen-bond acceptors (Lipinski definition) is 1. The van der Waals surface area contributed by atoms with Crippen LogP contribution >= 0.6 is 0 Å². The highest BCUT2D eigenvalue weighted by Gasteiger charge is 2.76. The van der Waals surface area contributed by atoms with Crippen LogP contribution < -0.4 is 0 Å². The Hall–Kier alpha value is -0.560. The van der Waals surface area contributed by atoms with Crippen molar-refractivity contribution in [2.45, 2.75) is 32.8 Å². The van der Waals surface area contributed by atoms with Crippen LogP contribution in [0, 0.1) is 40.4 Å². The number of allylic oxidation sites excluding steroid dienone is 3. The van der Waals surface area contributed by atoms with Crippen LogP contribution in [-0.4, -0.2) is 11.2 Å². The van der Waals surface area contributed by atoms with Gasteiger partial charge in [-0.15, -0.1) is 0 Å². The molecule has 0 saturated heterocycles. The molecule has 90 valence electrons. The monoisotopic (exact) mass is 228 g/mol. The van der Waals surface area contributed by atoms with Crippen LogP contribution in [0.5, 0.6) is 0 Å². The van der Waals surface area contributed by atoms with Crippen LogP contribution in [-0.2, 0) is 0 Å². The van der Waals surface area contributed by atoms with Gasteiger partial charge in [0, 0.05) is 5.41 Å². The van der Waals surface area contributed by atoms with Crippen molar-refractivity contribution in [3.63, 3.8) is 0 Å². The Morgan fingerprint density at radius 2 is 2.12 bits per heavy atom. The Morgan fingerprint density at radius 1 is 1.29 bits per heavy atom. The van der Waals surface area contributed by atoms with E-state index in [0.717, 1.165) is 23.7 Å². The zero-order valence-electron chi connectivity index (χ0n) is 10.6. The summed E-state index contributed by atoms with van der Waals surface area (Å²) in [5.74, 6) is 4.20. The van der Waals surface area contributed by atoms with Gasteiger partial charge in [-0.25, -0.2) is 0 Å². The molecule has 0 amide bonds. The second-order valence-electron chi connectivity index (χ2n) is 7.80. The molecule has 1 spiro atoms. The second kappa shape index (κ2) is 2.30. The highest BCUT2D eigenvalue weighted by Crippen LogP contribution is 2.81. The minimum atomic E-state index is -0.179. The summed E-state index contributed by atoms with van der Waals surface area (Å²) in [6.07, 6.45) is 9.87. The van der Waals surface area contributed by atoms with Gasteiger partial charge in [-0.2, -0.15) is 0 Å². The quantitative estimate of drug-likeness (QED) is 0.632. The lowest BCUT2D eigenvalue weighted by molar-refractivity contribution is 0.0956. The first-order valence-corrected chi connectivity index (χ1v) is 7.14. The van der Waals surface area contributed by atoms with Crippen LogP contribution in [0.4, 0.5) is 0 Å². The van der Waals surface area contributed by atoms with Crippen molar-refractivity contribution in [2.75, 3.05) is 0 Å². The minimum Gasteiger partial charge on any atom is -0.388 e. The fraction of sp³-hybridized carbons (Fsp3) is 0.750. The summed E-state index contributed by atoms with van der Waals surface area (Å²) in [4.78, 5) is 0. The molecule has 1 unspecified atom stereocenters. The van der Waals surface area contributed by atoms with Crippen molar-refractivity contribution in [1.82, 2.24) is 0 Å². The normalized spacial score (nSPS) is 63.4. The van der Waals surface area contributed by atoms with Crippen molar-refractivity contribution >= 4 is 0 Å². The maximum atomic E-state index is 10.6. The Kier molecular flexibility index (Phi) is 1.27. The summed E-state index contributed by atoms with van der Waals surface area (Å²) in [5, 5.41) is 10.6. The fourth-order valence-electron chi connectivity index (χ4n) is 6.24. The first-order chi connectivity index (χ1) is 8.06. The molecule has 0 aliphatic heterocycles. The summed E-state index contributed by atoms with van der Waals surface area (Å²) in [6.45, 7) is 4.52. The molecule has 0 aromatic rings. The molecular weight excluding hydrogens is 208 g/mol. The fourth-order valence-corrected chi connectivity index (χ4v) is 6.24. The lowest BCUT2D eigenvalue weighted by atomic mass is 9.69. The van der Waals surface area contributed by atoms with Gasteiger partial charge in [-0.05, 0) is 53.4 Å². The van der Waals surface area contributed by atoms with E-state index in [1.54, 1.807) is 0 Å². The third kappa shape index (κ3) is 0.763. The minimum absolute atomic E-state index is 0.0986. The van der Waals surface area contributed by atoms with E-state index in [2.05, 4.69) is 32.1 Å². The average Bonchev–Trinajstić information content (AvgIpc) is 2.74. The number of aliphatic hydroxyl groups is 1. The SMILES string of the molecule is CC1(C)C[C@@]23C(=C[C@@H]4C=C[C@H]5[C@@H](C[C@@H]42)[C@@H]53)C1O. The molecule has 1 nitrogen and oxygen atoms in total. The summed E-state index contributed by atoms with van der Waals surface area (Å²) in [6, 6.07) is 0. The highest BCUT2D eigenvalue weighted by molar-refractivity contribution is 5.46. The van der Waals surface area contributed by atoms with E-state index < -0.39 is 0 Å². The summed E-state index contributed by atoms with van der Waals surface area (Å²) in [5.41, 5.74) is 1.95. The van der Waals surface area contributed by atoms with Crippen LogP contribution in [0.3, 0.4) is 0 Å². The van der Waals surface area contributed by atoms with Crippen molar-refractivity contribution in [3.05, 3.63) is 23.8 Å². The molecule has 6 aliphatic carbocycles.